The van der Waals surface area contributed by atoms with Crippen molar-refractivity contribution >= 4 is 11.6 Å². The molecular weight excluding hydrogens is 200 g/mol. The first-order valence-electron chi connectivity index (χ1n) is 4.14. The Bertz CT molecular complexity index is 439. The van der Waals surface area contributed by atoms with Crippen LogP contribution in [0.5, 0.6) is 5.75 Å². The van der Waals surface area contributed by atoms with Crippen molar-refractivity contribution in [1.29, 1.82) is 0 Å². The first kappa shape index (κ1) is 9.09. The topological polar surface area (TPSA) is 37.9 Å². The van der Waals surface area contributed by atoms with Crippen LogP contribution in [-0.2, 0) is 0 Å². The highest BCUT2D eigenvalue weighted by molar-refractivity contribution is 6.32. The molecule has 0 unspecified atom stereocenters. The molecule has 0 amide bonds. The van der Waals surface area contributed by atoms with E-state index in [0.29, 0.717) is 5.02 Å². The van der Waals surface area contributed by atoms with Crippen LogP contribution in [0.15, 0.2) is 30.5 Å². The molecule has 1 aromatic heterocycles. The van der Waals surface area contributed by atoms with Gasteiger partial charge in [-0.05, 0) is 12.1 Å². The summed E-state index contributed by atoms with van der Waals surface area (Å²) in [7, 11) is 1.63. The number of hydrogen-bond acceptors (Lipinski definition) is 2. The van der Waals surface area contributed by atoms with E-state index in [0.717, 1.165) is 17.0 Å². The van der Waals surface area contributed by atoms with Gasteiger partial charge >= 0.3 is 0 Å². The summed E-state index contributed by atoms with van der Waals surface area (Å²) in [5.41, 5.74) is 1.78. The van der Waals surface area contributed by atoms with E-state index in [1.54, 1.807) is 13.3 Å². The molecule has 0 aliphatic carbocycles. The van der Waals surface area contributed by atoms with E-state index in [-0.39, 0.29) is 0 Å². The molecule has 0 atom stereocenters. The van der Waals surface area contributed by atoms with Gasteiger partial charge in [0.2, 0.25) is 0 Å². The van der Waals surface area contributed by atoms with Crippen LogP contribution in [0.1, 0.15) is 0 Å². The summed E-state index contributed by atoms with van der Waals surface area (Å²) in [6, 6.07) is 7.64. The summed E-state index contributed by atoms with van der Waals surface area (Å²) in [6.45, 7) is 0. The van der Waals surface area contributed by atoms with E-state index in [1.807, 2.05) is 24.3 Å². The third kappa shape index (κ3) is 1.59. The lowest BCUT2D eigenvalue weighted by Gasteiger charge is -2.02. The largest absolute Gasteiger partial charge is 0.497 e. The molecule has 2 rings (SSSR count). The number of ether oxygens (including phenoxy) is 1. The third-order valence-corrected chi connectivity index (χ3v) is 2.24. The van der Waals surface area contributed by atoms with Crippen LogP contribution in [0.4, 0.5) is 0 Å². The number of rotatable bonds is 2. The molecule has 0 saturated heterocycles. The van der Waals surface area contributed by atoms with Crippen LogP contribution < -0.4 is 4.74 Å². The van der Waals surface area contributed by atoms with Crippen molar-refractivity contribution in [3.8, 4) is 17.0 Å². The number of benzene rings is 1. The Kier molecular flexibility index (Phi) is 2.41. The molecule has 1 heterocycles. The van der Waals surface area contributed by atoms with Gasteiger partial charge in [0.25, 0.3) is 0 Å². The predicted octanol–water partition coefficient (Wildman–Crippen LogP) is 2.74. The zero-order valence-electron chi connectivity index (χ0n) is 7.62. The van der Waals surface area contributed by atoms with Gasteiger partial charge in [-0.1, -0.05) is 23.7 Å². The van der Waals surface area contributed by atoms with E-state index in [1.165, 1.54) is 0 Å². The van der Waals surface area contributed by atoms with Gasteiger partial charge in [0.1, 0.15) is 5.75 Å². The zero-order chi connectivity index (χ0) is 9.97. The van der Waals surface area contributed by atoms with Gasteiger partial charge in [0.05, 0.1) is 24.0 Å². The molecule has 0 aliphatic heterocycles. The highest BCUT2D eigenvalue weighted by atomic mass is 35.5. The fourth-order valence-corrected chi connectivity index (χ4v) is 1.45. The maximum atomic E-state index is 5.94. The van der Waals surface area contributed by atoms with Gasteiger partial charge in [0, 0.05) is 5.56 Å². The fourth-order valence-electron chi connectivity index (χ4n) is 1.25. The molecule has 0 spiro atoms. The highest BCUT2D eigenvalue weighted by Gasteiger charge is 2.05. The SMILES string of the molecule is COc1cccc(-c2[nH]ncc2Cl)c1. The van der Waals surface area contributed by atoms with E-state index in [2.05, 4.69) is 10.2 Å². The van der Waals surface area contributed by atoms with E-state index in [9.17, 15) is 0 Å². The highest BCUT2D eigenvalue weighted by Crippen LogP contribution is 2.27. The summed E-state index contributed by atoms with van der Waals surface area (Å²) in [5.74, 6) is 0.799. The Balaban J connectivity index is 2.47. The molecule has 14 heavy (non-hydrogen) atoms. The van der Waals surface area contributed by atoms with Crippen LogP contribution in [0.25, 0.3) is 11.3 Å². The quantitative estimate of drug-likeness (QED) is 0.824. The lowest BCUT2D eigenvalue weighted by molar-refractivity contribution is 0.415. The van der Waals surface area contributed by atoms with Gasteiger partial charge in [-0.2, -0.15) is 5.10 Å². The molecule has 1 N–H and O–H groups in total. The number of nitrogens with one attached hydrogen (secondary N) is 1. The molecule has 3 nitrogen and oxygen atoms in total. The normalized spacial score (nSPS) is 10.1. The molecular formula is C10H9ClN2O. The number of halogens is 1. The molecule has 4 heteroatoms. The Morgan fingerprint density at radius 3 is 2.93 bits per heavy atom. The number of hydrogen-bond donors (Lipinski definition) is 1. The van der Waals surface area contributed by atoms with Crippen molar-refractivity contribution in [2.24, 2.45) is 0 Å². The van der Waals surface area contributed by atoms with Crippen LogP contribution in [0.2, 0.25) is 5.02 Å². The number of methoxy groups -OCH3 is 1. The zero-order valence-corrected chi connectivity index (χ0v) is 8.38. The first-order valence-corrected chi connectivity index (χ1v) is 4.52. The second-order valence-electron chi connectivity index (χ2n) is 2.82. The molecule has 72 valence electrons. The molecule has 0 bridgehead atoms. The molecule has 0 fully saturated rings. The van der Waals surface area contributed by atoms with Crippen molar-refractivity contribution < 1.29 is 4.74 Å². The van der Waals surface area contributed by atoms with Crippen molar-refractivity contribution in [3.63, 3.8) is 0 Å². The lowest BCUT2D eigenvalue weighted by atomic mass is 10.1. The van der Waals surface area contributed by atoms with Crippen LogP contribution in [0.3, 0.4) is 0 Å². The Hall–Kier alpha value is -1.48. The molecule has 0 saturated carbocycles. The maximum Gasteiger partial charge on any atom is 0.119 e. The number of aromatic nitrogens is 2. The monoisotopic (exact) mass is 208 g/mol. The summed E-state index contributed by atoms with van der Waals surface area (Å²) in [4.78, 5) is 0. The van der Waals surface area contributed by atoms with Gasteiger partial charge in [-0.15, -0.1) is 0 Å². The standard InChI is InChI=1S/C10H9ClN2O/c1-14-8-4-2-3-7(5-8)10-9(11)6-12-13-10/h2-6H,1H3,(H,12,13). The minimum atomic E-state index is 0.609. The Morgan fingerprint density at radius 1 is 1.43 bits per heavy atom. The Labute approximate surface area is 86.7 Å². The van der Waals surface area contributed by atoms with Crippen LogP contribution in [0, 0.1) is 0 Å². The van der Waals surface area contributed by atoms with Gasteiger partial charge < -0.3 is 4.74 Å². The maximum absolute atomic E-state index is 5.94. The first-order chi connectivity index (χ1) is 6.81. The van der Waals surface area contributed by atoms with E-state index < -0.39 is 0 Å². The Morgan fingerprint density at radius 2 is 2.29 bits per heavy atom. The van der Waals surface area contributed by atoms with Crippen molar-refractivity contribution in [2.75, 3.05) is 7.11 Å². The summed E-state index contributed by atoms with van der Waals surface area (Å²) < 4.78 is 5.12. The van der Waals surface area contributed by atoms with Crippen molar-refractivity contribution in [1.82, 2.24) is 10.2 Å². The van der Waals surface area contributed by atoms with E-state index in [4.69, 9.17) is 16.3 Å². The molecule has 0 radical (unpaired) electrons. The average Bonchev–Trinajstić information content (AvgIpc) is 2.65. The summed E-state index contributed by atoms with van der Waals surface area (Å²) in [6.07, 6.45) is 1.58. The van der Waals surface area contributed by atoms with Crippen LogP contribution >= 0.6 is 11.6 Å². The molecule has 1 aromatic carbocycles. The second-order valence-corrected chi connectivity index (χ2v) is 3.23. The minimum absolute atomic E-state index is 0.609. The minimum Gasteiger partial charge on any atom is -0.497 e. The summed E-state index contributed by atoms with van der Waals surface area (Å²) in [5, 5.41) is 7.30. The smallest absolute Gasteiger partial charge is 0.119 e. The molecule has 2 aromatic rings. The number of aromatic amines is 1. The fraction of sp³-hybridized carbons (Fsp3) is 0.100. The lowest BCUT2D eigenvalue weighted by Crippen LogP contribution is -1.84. The second kappa shape index (κ2) is 3.72. The van der Waals surface area contributed by atoms with Gasteiger partial charge in [-0.25, -0.2) is 0 Å². The predicted molar refractivity (Wildman–Crippen MR) is 55.6 cm³/mol. The van der Waals surface area contributed by atoms with Crippen LogP contribution in [-0.4, -0.2) is 17.3 Å². The van der Waals surface area contributed by atoms with Crippen molar-refractivity contribution in [3.05, 3.63) is 35.5 Å². The third-order valence-electron chi connectivity index (χ3n) is 1.95. The number of H-pyrrole nitrogens is 1. The van der Waals surface area contributed by atoms with Gasteiger partial charge in [0.15, 0.2) is 0 Å². The summed E-state index contributed by atoms with van der Waals surface area (Å²) >= 11 is 5.94. The van der Waals surface area contributed by atoms with Gasteiger partial charge in [-0.3, -0.25) is 5.10 Å². The average molecular weight is 209 g/mol. The van der Waals surface area contributed by atoms with E-state index >= 15 is 0 Å². The molecule has 0 aliphatic rings. The number of nitrogens with zero attached hydrogens (tertiary/aromatic N) is 1. The van der Waals surface area contributed by atoms with Crippen molar-refractivity contribution in [2.45, 2.75) is 0 Å².